The van der Waals surface area contributed by atoms with Crippen molar-refractivity contribution in [1.29, 1.82) is 0 Å². The number of carbonyl (C=O) groups is 1. The van der Waals surface area contributed by atoms with Gasteiger partial charge in [-0.05, 0) is 54.3 Å². The average Bonchev–Trinajstić information content (AvgIpc) is 2.61. The highest BCUT2D eigenvalue weighted by Gasteiger charge is 2.14. The van der Waals surface area contributed by atoms with Gasteiger partial charge in [0, 0.05) is 31.5 Å². The zero-order chi connectivity index (χ0) is 17.8. The van der Waals surface area contributed by atoms with Crippen LogP contribution in [0.3, 0.4) is 0 Å². The summed E-state index contributed by atoms with van der Waals surface area (Å²) >= 11 is 0. The number of aryl methyl sites for hydroxylation is 1. The molecule has 0 bridgehead atoms. The van der Waals surface area contributed by atoms with E-state index in [1.165, 1.54) is 18.4 Å². The highest BCUT2D eigenvalue weighted by molar-refractivity contribution is 5.89. The third-order valence-electron chi connectivity index (χ3n) is 4.39. The number of nitrogens with one attached hydrogen (secondary N) is 2. The molecule has 0 saturated carbocycles. The Morgan fingerprint density at radius 2 is 2.12 bits per heavy atom. The third-order valence-corrected chi connectivity index (χ3v) is 4.39. The molecule has 3 N–H and O–H groups in total. The minimum atomic E-state index is -0.267. The molecule has 132 valence electrons. The van der Waals surface area contributed by atoms with E-state index in [4.69, 9.17) is 4.74 Å². The monoisotopic (exact) mass is 341 g/mol. The van der Waals surface area contributed by atoms with Crippen LogP contribution in [0.1, 0.15) is 17.5 Å². The van der Waals surface area contributed by atoms with E-state index in [-0.39, 0.29) is 11.8 Å². The maximum Gasteiger partial charge on any atom is 0.319 e. The van der Waals surface area contributed by atoms with Gasteiger partial charge in [-0.25, -0.2) is 4.79 Å². The number of aromatic hydroxyl groups is 1. The van der Waals surface area contributed by atoms with E-state index in [9.17, 15) is 9.90 Å². The molecule has 3 rings (SSSR count). The van der Waals surface area contributed by atoms with Gasteiger partial charge in [0.1, 0.15) is 0 Å². The molecule has 0 fully saturated rings. The van der Waals surface area contributed by atoms with Gasteiger partial charge in [0.25, 0.3) is 0 Å². The first-order chi connectivity index (χ1) is 12.1. The number of benzene rings is 2. The predicted octanol–water partition coefficient (Wildman–Crippen LogP) is 3.10. The van der Waals surface area contributed by atoms with Crippen LogP contribution in [0, 0.1) is 0 Å². The number of urea groups is 1. The van der Waals surface area contributed by atoms with Crippen molar-refractivity contribution in [3.63, 3.8) is 0 Å². The summed E-state index contributed by atoms with van der Waals surface area (Å²) in [5.41, 5.74) is 4.12. The minimum absolute atomic E-state index is 0.0785. The molecule has 0 spiro atoms. The molecule has 6 heteroatoms. The second-order valence-electron chi connectivity index (χ2n) is 6.18. The van der Waals surface area contributed by atoms with Crippen LogP contribution in [0.2, 0.25) is 0 Å². The normalized spacial score (nSPS) is 13.1. The highest BCUT2D eigenvalue weighted by Crippen LogP contribution is 2.28. The van der Waals surface area contributed by atoms with Crippen molar-refractivity contribution in [2.75, 3.05) is 30.9 Å². The summed E-state index contributed by atoms with van der Waals surface area (Å²) in [6.45, 7) is 1.41. The van der Waals surface area contributed by atoms with Gasteiger partial charge in [0.15, 0.2) is 11.5 Å². The molecule has 0 aromatic heterocycles. The van der Waals surface area contributed by atoms with Gasteiger partial charge >= 0.3 is 6.03 Å². The van der Waals surface area contributed by atoms with Crippen LogP contribution in [-0.2, 0) is 13.0 Å². The number of hydrogen-bond acceptors (Lipinski definition) is 4. The molecule has 0 radical (unpaired) electrons. The van der Waals surface area contributed by atoms with E-state index < -0.39 is 0 Å². The number of fused-ring (bicyclic) bond motifs is 1. The molecule has 0 saturated heterocycles. The van der Waals surface area contributed by atoms with Gasteiger partial charge in [0.05, 0.1) is 7.11 Å². The third kappa shape index (κ3) is 3.96. The fourth-order valence-electron chi connectivity index (χ4n) is 3.05. The first-order valence-electron chi connectivity index (χ1n) is 8.31. The average molecular weight is 341 g/mol. The molecule has 2 aromatic carbocycles. The molecule has 0 aliphatic carbocycles. The smallest absolute Gasteiger partial charge is 0.319 e. The predicted molar refractivity (Wildman–Crippen MR) is 98.6 cm³/mol. The second-order valence-corrected chi connectivity index (χ2v) is 6.18. The lowest BCUT2D eigenvalue weighted by Gasteiger charge is -2.27. The van der Waals surface area contributed by atoms with Crippen molar-refractivity contribution in [1.82, 2.24) is 5.32 Å². The quantitative estimate of drug-likeness (QED) is 0.799. The number of phenolic OH excluding ortho intramolecular Hbond substituents is 1. The van der Waals surface area contributed by atoms with E-state index in [0.29, 0.717) is 12.3 Å². The largest absolute Gasteiger partial charge is 0.504 e. The van der Waals surface area contributed by atoms with Crippen LogP contribution >= 0.6 is 0 Å². The molecule has 1 heterocycles. The van der Waals surface area contributed by atoms with Gasteiger partial charge < -0.3 is 25.4 Å². The van der Waals surface area contributed by atoms with Crippen LogP contribution in [0.15, 0.2) is 36.4 Å². The second kappa shape index (κ2) is 7.34. The standard InChI is InChI=1S/C19H23N3O3/c1-22-9-3-4-14-11-15(6-7-16(14)22)21-19(24)20-12-13-5-8-17(23)18(10-13)25-2/h5-8,10-11,23H,3-4,9,12H2,1-2H3,(H2,20,21,24). The lowest BCUT2D eigenvalue weighted by Crippen LogP contribution is -2.28. The van der Waals surface area contributed by atoms with E-state index in [0.717, 1.165) is 30.6 Å². The molecule has 0 atom stereocenters. The van der Waals surface area contributed by atoms with Gasteiger partial charge in [-0.2, -0.15) is 0 Å². The van der Waals surface area contributed by atoms with Crippen molar-refractivity contribution >= 4 is 17.4 Å². The van der Waals surface area contributed by atoms with Crippen molar-refractivity contribution < 1.29 is 14.6 Å². The van der Waals surface area contributed by atoms with E-state index in [2.05, 4.69) is 28.6 Å². The molecule has 25 heavy (non-hydrogen) atoms. The number of ether oxygens (including phenoxy) is 1. The van der Waals surface area contributed by atoms with Gasteiger partial charge in [-0.1, -0.05) is 6.07 Å². The van der Waals surface area contributed by atoms with Crippen molar-refractivity contribution in [3.8, 4) is 11.5 Å². The first kappa shape index (κ1) is 17.0. The Balaban J connectivity index is 1.59. The fraction of sp³-hybridized carbons (Fsp3) is 0.316. The molecule has 1 aliphatic heterocycles. The summed E-state index contributed by atoms with van der Waals surface area (Å²) in [5, 5.41) is 15.3. The minimum Gasteiger partial charge on any atom is -0.504 e. The van der Waals surface area contributed by atoms with E-state index in [1.54, 1.807) is 18.2 Å². The van der Waals surface area contributed by atoms with Crippen LogP contribution < -0.4 is 20.3 Å². The molecule has 1 aliphatic rings. The molecule has 6 nitrogen and oxygen atoms in total. The Morgan fingerprint density at radius 3 is 2.92 bits per heavy atom. The van der Waals surface area contributed by atoms with E-state index in [1.807, 2.05) is 12.1 Å². The summed E-state index contributed by atoms with van der Waals surface area (Å²) in [4.78, 5) is 14.4. The summed E-state index contributed by atoms with van der Waals surface area (Å²) in [6.07, 6.45) is 2.16. The number of carbonyl (C=O) groups excluding carboxylic acids is 1. The topological polar surface area (TPSA) is 73.8 Å². The first-order valence-corrected chi connectivity index (χ1v) is 8.31. The zero-order valence-electron chi connectivity index (χ0n) is 14.5. The van der Waals surface area contributed by atoms with Crippen molar-refractivity contribution in [2.45, 2.75) is 19.4 Å². The molecule has 2 amide bonds. The van der Waals surface area contributed by atoms with Crippen LogP contribution in [0.4, 0.5) is 16.2 Å². The van der Waals surface area contributed by atoms with Crippen LogP contribution in [0.5, 0.6) is 11.5 Å². The number of nitrogens with zero attached hydrogens (tertiary/aromatic N) is 1. The Bertz CT molecular complexity index is 777. The van der Waals surface area contributed by atoms with E-state index >= 15 is 0 Å². The zero-order valence-corrected chi connectivity index (χ0v) is 14.5. The Hall–Kier alpha value is -2.89. The fourth-order valence-corrected chi connectivity index (χ4v) is 3.05. The van der Waals surface area contributed by atoms with Gasteiger partial charge in [-0.3, -0.25) is 0 Å². The van der Waals surface area contributed by atoms with Crippen molar-refractivity contribution in [2.24, 2.45) is 0 Å². The molecule has 2 aromatic rings. The van der Waals surface area contributed by atoms with Gasteiger partial charge in [0.2, 0.25) is 0 Å². The van der Waals surface area contributed by atoms with Crippen molar-refractivity contribution in [3.05, 3.63) is 47.5 Å². The summed E-state index contributed by atoms with van der Waals surface area (Å²) in [7, 11) is 3.58. The highest BCUT2D eigenvalue weighted by atomic mass is 16.5. The summed E-state index contributed by atoms with van der Waals surface area (Å²) in [6, 6.07) is 10.7. The number of hydrogen-bond donors (Lipinski definition) is 3. The number of rotatable bonds is 4. The maximum absolute atomic E-state index is 12.1. The number of methoxy groups -OCH3 is 1. The van der Waals surface area contributed by atoms with Gasteiger partial charge in [-0.15, -0.1) is 0 Å². The maximum atomic E-state index is 12.1. The Kier molecular flexibility index (Phi) is 4.97. The molecular formula is C19H23N3O3. The lowest BCUT2D eigenvalue weighted by molar-refractivity contribution is 0.251. The summed E-state index contributed by atoms with van der Waals surface area (Å²) < 4.78 is 5.07. The molecule has 0 unspecified atom stereocenters. The summed E-state index contributed by atoms with van der Waals surface area (Å²) in [5.74, 6) is 0.466. The number of amides is 2. The lowest BCUT2D eigenvalue weighted by atomic mass is 10.0. The Labute approximate surface area is 147 Å². The molecular weight excluding hydrogens is 318 g/mol. The van der Waals surface area contributed by atoms with Crippen LogP contribution in [-0.4, -0.2) is 31.8 Å². The SMILES string of the molecule is COc1cc(CNC(=O)Nc2ccc3c(c2)CCCN3C)ccc1O. The number of anilines is 2. The Morgan fingerprint density at radius 1 is 1.28 bits per heavy atom. The van der Waals surface area contributed by atoms with Crippen LogP contribution in [0.25, 0.3) is 0 Å². The number of phenols is 1.